The van der Waals surface area contributed by atoms with Gasteiger partial charge in [-0.1, -0.05) is 64.5 Å². The average molecular weight is 835 g/mol. The highest BCUT2D eigenvalue weighted by Crippen LogP contribution is 2.28. The van der Waals surface area contributed by atoms with Crippen LogP contribution in [-0.4, -0.2) is 122 Å². The molecule has 5 rings (SSSR count). The van der Waals surface area contributed by atoms with Gasteiger partial charge in [-0.3, -0.25) is 14.5 Å². The fourth-order valence-electron chi connectivity index (χ4n) is 5.85. The van der Waals surface area contributed by atoms with Gasteiger partial charge in [0.05, 0.1) is 43.3 Å². The average Bonchev–Trinajstić information content (AvgIpc) is 3.68. The second kappa shape index (κ2) is 22.4. The number of nitrogens with one attached hydrogen (secondary N) is 3. The molecule has 3 N–H and O–H groups in total. The van der Waals surface area contributed by atoms with Crippen molar-refractivity contribution >= 4 is 69.0 Å². The molecule has 0 spiro atoms. The standard InChI is InChI=1S/C38H47ClN12O6S/c1-4-55-18-19-56-20-21-57-38(54)41-12-13-51(24-28-8-10-29(11-9-28)47-48-40)34(52)25-49-14-16-50(17-15-49)33-22-32(43-27(3)44-33)45-37-42-23-31(58-37)36(53)46-35-26(2)6-5-7-30(35)39/h5-11,22-23H,4,12-21,24-25H2,1-3H3,(H,41,54)(H,46,53)(H,42,43,44,45). The largest absolute Gasteiger partial charge is 0.447 e. The first-order chi connectivity index (χ1) is 28.1. The SMILES string of the molecule is CCOCCOCCOC(=O)NCCN(Cc1ccc(N=[N+]=[N-])cc1)C(=O)CN1CCN(c2cc(Nc3ncc(C(=O)Nc4c(C)cccc4Cl)s3)nc(C)n2)CC1. The zero-order valence-corrected chi connectivity index (χ0v) is 34.2. The summed E-state index contributed by atoms with van der Waals surface area (Å²) in [5.41, 5.74) is 11.5. The molecule has 58 heavy (non-hydrogen) atoms. The number of benzene rings is 2. The first-order valence-electron chi connectivity index (χ1n) is 18.7. The van der Waals surface area contributed by atoms with E-state index in [4.69, 9.17) is 31.3 Å². The quantitative estimate of drug-likeness (QED) is 0.0401. The van der Waals surface area contributed by atoms with Crippen LogP contribution in [0.25, 0.3) is 10.4 Å². The van der Waals surface area contributed by atoms with Gasteiger partial charge >= 0.3 is 6.09 Å². The summed E-state index contributed by atoms with van der Waals surface area (Å²) in [5.74, 6) is 1.41. The molecule has 0 bridgehead atoms. The lowest BCUT2D eigenvalue weighted by atomic mass is 10.2. The number of aromatic nitrogens is 3. The minimum Gasteiger partial charge on any atom is -0.447 e. The molecule has 1 aliphatic heterocycles. The van der Waals surface area contributed by atoms with Gasteiger partial charge in [0.25, 0.3) is 5.91 Å². The summed E-state index contributed by atoms with van der Waals surface area (Å²) in [4.78, 5) is 61.7. The van der Waals surface area contributed by atoms with Gasteiger partial charge in [-0.15, -0.1) is 0 Å². The highest BCUT2D eigenvalue weighted by Gasteiger charge is 2.24. The Morgan fingerprint density at radius 1 is 1.02 bits per heavy atom. The third-order valence-electron chi connectivity index (χ3n) is 8.82. The minimum atomic E-state index is -0.600. The predicted octanol–water partition coefficient (Wildman–Crippen LogP) is 6.07. The van der Waals surface area contributed by atoms with Gasteiger partial charge < -0.3 is 40.0 Å². The molecule has 0 atom stereocenters. The van der Waals surface area contributed by atoms with Crippen molar-refractivity contribution in [2.24, 2.45) is 5.11 Å². The molecule has 0 unspecified atom stereocenters. The number of aryl methyl sites for hydroxylation is 2. The molecule has 0 aliphatic carbocycles. The number of hydrogen-bond donors (Lipinski definition) is 3. The van der Waals surface area contributed by atoms with Crippen molar-refractivity contribution in [2.75, 3.05) is 94.4 Å². The van der Waals surface area contributed by atoms with E-state index in [9.17, 15) is 14.4 Å². The predicted molar refractivity (Wildman–Crippen MR) is 222 cm³/mol. The zero-order valence-electron chi connectivity index (χ0n) is 32.6. The van der Waals surface area contributed by atoms with Gasteiger partial charge in [-0.05, 0) is 43.5 Å². The number of ether oxygens (including phenoxy) is 3. The molecular formula is C38H47ClN12O6S. The van der Waals surface area contributed by atoms with Crippen LogP contribution >= 0.6 is 22.9 Å². The van der Waals surface area contributed by atoms with Crippen molar-refractivity contribution in [3.63, 3.8) is 0 Å². The maximum Gasteiger partial charge on any atom is 0.407 e. The number of alkyl carbamates (subject to hydrolysis) is 1. The first-order valence-corrected chi connectivity index (χ1v) is 19.9. The van der Waals surface area contributed by atoms with Crippen LogP contribution in [0, 0.1) is 13.8 Å². The maximum absolute atomic E-state index is 13.7. The van der Waals surface area contributed by atoms with Gasteiger partial charge in [0.2, 0.25) is 5.91 Å². The lowest BCUT2D eigenvalue weighted by Gasteiger charge is -2.36. The highest BCUT2D eigenvalue weighted by molar-refractivity contribution is 7.17. The molecule has 3 amide bonds. The number of halogens is 1. The molecule has 4 aromatic rings. The Bertz CT molecular complexity index is 2020. The summed E-state index contributed by atoms with van der Waals surface area (Å²) in [7, 11) is 0. The van der Waals surface area contributed by atoms with E-state index in [1.807, 2.05) is 39.0 Å². The van der Waals surface area contributed by atoms with Crippen LogP contribution in [0.3, 0.4) is 0 Å². The third-order valence-corrected chi connectivity index (χ3v) is 10.0. The van der Waals surface area contributed by atoms with Crippen molar-refractivity contribution in [1.29, 1.82) is 0 Å². The molecule has 0 saturated carbocycles. The van der Waals surface area contributed by atoms with E-state index in [0.29, 0.717) is 90.6 Å². The number of anilines is 4. The molecule has 1 aliphatic rings. The number of piperazine rings is 1. The van der Waals surface area contributed by atoms with Crippen molar-refractivity contribution in [2.45, 2.75) is 27.3 Å². The van der Waals surface area contributed by atoms with Crippen LogP contribution in [0.1, 0.15) is 33.5 Å². The van der Waals surface area contributed by atoms with Gasteiger partial charge in [0.1, 0.15) is 28.9 Å². The minimum absolute atomic E-state index is 0.0923. The number of azide groups is 1. The molecule has 1 saturated heterocycles. The van der Waals surface area contributed by atoms with Gasteiger partial charge in [0, 0.05) is 69.1 Å². The number of carbonyl (C=O) groups is 3. The van der Waals surface area contributed by atoms with E-state index < -0.39 is 6.09 Å². The van der Waals surface area contributed by atoms with Crippen LogP contribution in [-0.2, 0) is 25.5 Å². The van der Waals surface area contributed by atoms with Crippen LogP contribution in [0.4, 0.5) is 32.9 Å². The Balaban J connectivity index is 1.13. The number of nitrogens with zero attached hydrogens (tertiary/aromatic N) is 9. The van der Waals surface area contributed by atoms with E-state index in [-0.39, 0.29) is 44.7 Å². The highest BCUT2D eigenvalue weighted by atomic mass is 35.5. The summed E-state index contributed by atoms with van der Waals surface area (Å²) >= 11 is 7.49. The molecule has 2 aromatic carbocycles. The van der Waals surface area contributed by atoms with Gasteiger partial charge in [0.15, 0.2) is 5.13 Å². The summed E-state index contributed by atoms with van der Waals surface area (Å²) in [6, 6.07) is 14.2. The molecule has 0 radical (unpaired) electrons. The number of carbonyl (C=O) groups excluding carboxylic acids is 3. The first kappa shape index (κ1) is 43.6. The second-order valence-corrected chi connectivity index (χ2v) is 14.4. The molecule has 20 heteroatoms. The molecule has 3 heterocycles. The Morgan fingerprint density at radius 3 is 2.52 bits per heavy atom. The topological polar surface area (TPSA) is 212 Å². The molecular weight excluding hydrogens is 788 g/mol. The monoisotopic (exact) mass is 834 g/mol. The van der Waals surface area contributed by atoms with E-state index in [1.54, 1.807) is 35.2 Å². The van der Waals surface area contributed by atoms with Crippen molar-refractivity contribution in [3.8, 4) is 0 Å². The van der Waals surface area contributed by atoms with Gasteiger partial charge in [-0.25, -0.2) is 19.7 Å². The number of rotatable bonds is 20. The Morgan fingerprint density at radius 2 is 1.78 bits per heavy atom. The molecule has 2 aromatic heterocycles. The molecule has 308 valence electrons. The Hall–Kier alpha value is -5.56. The smallest absolute Gasteiger partial charge is 0.407 e. The van der Waals surface area contributed by atoms with Crippen LogP contribution < -0.4 is 20.9 Å². The molecule has 18 nitrogen and oxygen atoms in total. The second-order valence-electron chi connectivity index (χ2n) is 13.0. The van der Waals surface area contributed by atoms with E-state index in [1.165, 1.54) is 17.5 Å². The van der Waals surface area contributed by atoms with E-state index >= 15 is 0 Å². The van der Waals surface area contributed by atoms with Crippen LogP contribution in [0.2, 0.25) is 5.02 Å². The van der Waals surface area contributed by atoms with Crippen LogP contribution in [0.5, 0.6) is 0 Å². The maximum atomic E-state index is 13.7. The van der Waals surface area contributed by atoms with E-state index in [0.717, 1.165) is 16.9 Å². The Kier molecular flexibility index (Phi) is 16.8. The lowest BCUT2D eigenvalue weighted by molar-refractivity contribution is -0.133. The van der Waals surface area contributed by atoms with E-state index in [2.05, 4.69) is 50.7 Å². The summed E-state index contributed by atoms with van der Waals surface area (Å²) < 4.78 is 15.8. The number of thiazole rings is 1. The summed E-state index contributed by atoms with van der Waals surface area (Å²) in [6.45, 7) is 10.8. The Labute approximate surface area is 345 Å². The fourth-order valence-corrected chi connectivity index (χ4v) is 6.84. The van der Waals surface area contributed by atoms with Crippen molar-refractivity contribution < 1.29 is 28.6 Å². The summed E-state index contributed by atoms with van der Waals surface area (Å²) in [5, 5.41) is 13.4. The zero-order chi connectivity index (χ0) is 41.3. The van der Waals surface area contributed by atoms with Gasteiger partial charge in [-0.2, -0.15) is 0 Å². The lowest BCUT2D eigenvalue weighted by Crippen LogP contribution is -2.51. The number of amides is 3. The third kappa shape index (κ3) is 13.5. The van der Waals surface area contributed by atoms with Crippen LogP contribution in [0.15, 0.2) is 59.8 Å². The molecule has 1 fully saturated rings. The summed E-state index contributed by atoms with van der Waals surface area (Å²) in [6.07, 6.45) is 0.902. The number of hydrogen-bond acceptors (Lipinski definition) is 14. The van der Waals surface area contributed by atoms with Crippen molar-refractivity contribution in [1.82, 2.24) is 30.1 Å². The normalized spacial score (nSPS) is 12.7. The fraction of sp³-hybridized carbons (Fsp3) is 0.421. The van der Waals surface area contributed by atoms with Crippen molar-refractivity contribution in [3.05, 3.63) is 92.0 Å². The number of para-hydroxylation sites is 1.